The highest BCUT2D eigenvalue weighted by molar-refractivity contribution is 5.36. The summed E-state index contributed by atoms with van der Waals surface area (Å²) in [6, 6.07) is 6.25. The SMILES string of the molecule is COc1ccc(CNCC2CCCC2O)cc1C. The van der Waals surface area contributed by atoms with Crippen molar-refractivity contribution in [1.82, 2.24) is 5.32 Å². The van der Waals surface area contributed by atoms with Crippen molar-refractivity contribution >= 4 is 0 Å². The van der Waals surface area contributed by atoms with Crippen molar-refractivity contribution in [2.24, 2.45) is 5.92 Å². The van der Waals surface area contributed by atoms with E-state index in [9.17, 15) is 5.11 Å². The van der Waals surface area contributed by atoms with Crippen molar-refractivity contribution in [3.05, 3.63) is 29.3 Å². The Balaban J connectivity index is 1.81. The van der Waals surface area contributed by atoms with Gasteiger partial charge in [-0.2, -0.15) is 0 Å². The maximum Gasteiger partial charge on any atom is 0.121 e. The van der Waals surface area contributed by atoms with Gasteiger partial charge in [-0.3, -0.25) is 0 Å². The van der Waals surface area contributed by atoms with Crippen LogP contribution >= 0.6 is 0 Å². The molecule has 0 radical (unpaired) electrons. The van der Waals surface area contributed by atoms with Crippen LogP contribution in [0, 0.1) is 12.8 Å². The third kappa shape index (κ3) is 3.24. The molecule has 0 aliphatic heterocycles. The molecule has 0 amide bonds. The molecule has 0 spiro atoms. The van der Waals surface area contributed by atoms with Crippen LogP contribution in [0.4, 0.5) is 0 Å². The number of methoxy groups -OCH3 is 1. The van der Waals surface area contributed by atoms with E-state index in [0.29, 0.717) is 5.92 Å². The van der Waals surface area contributed by atoms with E-state index in [0.717, 1.165) is 43.7 Å². The van der Waals surface area contributed by atoms with Crippen LogP contribution in [0.25, 0.3) is 0 Å². The Hall–Kier alpha value is -1.06. The van der Waals surface area contributed by atoms with Gasteiger partial charge in [0.2, 0.25) is 0 Å². The van der Waals surface area contributed by atoms with E-state index in [-0.39, 0.29) is 6.10 Å². The van der Waals surface area contributed by atoms with Gasteiger partial charge in [-0.25, -0.2) is 0 Å². The Labute approximate surface area is 109 Å². The zero-order chi connectivity index (χ0) is 13.0. The lowest BCUT2D eigenvalue weighted by Gasteiger charge is -2.15. The number of benzene rings is 1. The second-order valence-corrected chi connectivity index (χ2v) is 5.19. The lowest BCUT2D eigenvalue weighted by Crippen LogP contribution is -2.27. The van der Waals surface area contributed by atoms with E-state index in [1.165, 1.54) is 5.56 Å². The maximum atomic E-state index is 9.74. The van der Waals surface area contributed by atoms with Gasteiger partial charge < -0.3 is 15.2 Å². The molecule has 0 aromatic heterocycles. The number of hydrogen-bond acceptors (Lipinski definition) is 3. The summed E-state index contributed by atoms with van der Waals surface area (Å²) in [5, 5.41) is 13.2. The average molecular weight is 249 g/mol. The summed E-state index contributed by atoms with van der Waals surface area (Å²) < 4.78 is 5.25. The Kier molecular flexibility index (Phi) is 4.61. The molecule has 3 heteroatoms. The second-order valence-electron chi connectivity index (χ2n) is 5.19. The van der Waals surface area contributed by atoms with Gasteiger partial charge in [-0.05, 0) is 42.9 Å². The van der Waals surface area contributed by atoms with Crippen molar-refractivity contribution in [3.8, 4) is 5.75 Å². The first kappa shape index (κ1) is 13.4. The molecule has 100 valence electrons. The van der Waals surface area contributed by atoms with E-state index in [4.69, 9.17) is 4.74 Å². The van der Waals surface area contributed by atoms with Gasteiger partial charge in [0.05, 0.1) is 13.2 Å². The van der Waals surface area contributed by atoms with Gasteiger partial charge >= 0.3 is 0 Å². The van der Waals surface area contributed by atoms with Gasteiger partial charge in [-0.15, -0.1) is 0 Å². The fourth-order valence-corrected chi connectivity index (χ4v) is 2.71. The molecule has 1 aliphatic rings. The number of hydrogen-bond donors (Lipinski definition) is 2. The molecule has 1 fully saturated rings. The summed E-state index contributed by atoms with van der Waals surface area (Å²) in [5.41, 5.74) is 2.43. The minimum atomic E-state index is -0.102. The molecule has 2 N–H and O–H groups in total. The summed E-state index contributed by atoms with van der Waals surface area (Å²) in [7, 11) is 1.70. The Morgan fingerprint density at radius 1 is 1.39 bits per heavy atom. The quantitative estimate of drug-likeness (QED) is 0.841. The Morgan fingerprint density at radius 3 is 2.83 bits per heavy atom. The zero-order valence-corrected chi connectivity index (χ0v) is 11.3. The van der Waals surface area contributed by atoms with E-state index in [2.05, 4.69) is 24.4 Å². The molecule has 1 aliphatic carbocycles. The Bertz CT molecular complexity index is 392. The second kappa shape index (κ2) is 6.21. The van der Waals surface area contributed by atoms with Crippen LogP contribution < -0.4 is 10.1 Å². The minimum Gasteiger partial charge on any atom is -0.496 e. The first-order valence-electron chi connectivity index (χ1n) is 6.73. The first-order valence-corrected chi connectivity index (χ1v) is 6.73. The van der Waals surface area contributed by atoms with Crippen LogP contribution in [0.3, 0.4) is 0 Å². The summed E-state index contributed by atoms with van der Waals surface area (Å²) in [6.45, 7) is 3.82. The van der Waals surface area contributed by atoms with Crippen molar-refractivity contribution in [3.63, 3.8) is 0 Å². The van der Waals surface area contributed by atoms with Crippen LogP contribution in [0.2, 0.25) is 0 Å². The molecule has 2 unspecified atom stereocenters. The van der Waals surface area contributed by atoms with Crippen LogP contribution in [0.15, 0.2) is 18.2 Å². The highest BCUT2D eigenvalue weighted by atomic mass is 16.5. The molecule has 1 saturated carbocycles. The third-order valence-corrected chi connectivity index (χ3v) is 3.81. The summed E-state index contributed by atoms with van der Waals surface area (Å²) in [6.07, 6.45) is 3.17. The number of aliphatic hydroxyl groups excluding tert-OH is 1. The topological polar surface area (TPSA) is 41.5 Å². The van der Waals surface area contributed by atoms with Gasteiger partial charge in [0.25, 0.3) is 0 Å². The third-order valence-electron chi connectivity index (χ3n) is 3.81. The monoisotopic (exact) mass is 249 g/mol. The standard InChI is InChI=1S/C15H23NO2/c1-11-8-12(6-7-15(11)18-2)9-16-10-13-4-3-5-14(13)17/h6-8,13-14,16-17H,3-5,9-10H2,1-2H3. The number of rotatable bonds is 5. The molecule has 1 aromatic carbocycles. The van der Waals surface area contributed by atoms with Crippen molar-refractivity contribution in [1.29, 1.82) is 0 Å². The number of nitrogens with one attached hydrogen (secondary N) is 1. The lowest BCUT2D eigenvalue weighted by molar-refractivity contribution is 0.131. The predicted molar refractivity (Wildman–Crippen MR) is 72.8 cm³/mol. The summed E-state index contributed by atoms with van der Waals surface area (Å²) in [5.74, 6) is 1.37. The van der Waals surface area contributed by atoms with E-state index in [1.54, 1.807) is 7.11 Å². The van der Waals surface area contributed by atoms with Crippen molar-refractivity contribution in [2.45, 2.75) is 38.8 Å². The van der Waals surface area contributed by atoms with Crippen LogP contribution in [0.1, 0.15) is 30.4 Å². The molecule has 2 atom stereocenters. The average Bonchev–Trinajstić information content (AvgIpc) is 2.75. The van der Waals surface area contributed by atoms with Gasteiger partial charge in [0.1, 0.15) is 5.75 Å². The molecule has 0 saturated heterocycles. The first-order chi connectivity index (χ1) is 8.70. The van der Waals surface area contributed by atoms with Gasteiger partial charge in [-0.1, -0.05) is 18.6 Å². The summed E-state index contributed by atoms with van der Waals surface area (Å²) in [4.78, 5) is 0. The summed E-state index contributed by atoms with van der Waals surface area (Å²) >= 11 is 0. The zero-order valence-electron chi connectivity index (χ0n) is 11.3. The molecule has 2 rings (SSSR count). The smallest absolute Gasteiger partial charge is 0.121 e. The fourth-order valence-electron chi connectivity index (χ4n) is 2.71. The molecule has 3 nitrogen and oxygen atoms in total. The molecular weight excluding hydrogens is 226 g/mol. The molecule has 1 aromatic rings. The van der Waals surface area contributed by atoms with Crippen LogP contribution in [-0.2, 0) is 6.54 Å². The Morgan fingerprint density at radius 2 is 2.22 bits per heavy atom. The van der Waals surface area contributed by atoms with E-state index < -0.39 is 0 Å². The highest BCUT2D eigenvalue weighted by Gasteiger charge is 2.24. The number of ether oxygens (including phenoxy) is 1. The molecule has 0 bridgehead atoms. The highest BCUT2D eigenvalue weighted by Crippen LogP contribution is 2.24. The maximum absolute atomic E-state index is 9.74. The molecular formula is C15H23NO2. The minimum absolute atomic E-state index is 0.102. The van der Waals surface area contributed by atoms with Gasteiger partial charge in [0.15, 0.2) is 0 Å². The van der Waals surface area contributed by atoms with Crippen LogP contribution in [0.5, 0.6) is 5.75 Å². The largest absolute Gasteiger partial charge is 0.496 e. The molecule has 18 heavy (non-hydrogen) atoms. The van der Waals surface area contributed by atoms with E-state index in [1.807, 2.05) is 6.07 Å². The number of aryl methyl sites for hydroxylation is 1. The normalized spacial score (nSPS) is 23.3. The van der Waals surface area contributed by atoms with Crippen LogP contribution in [-0.4, -0.2) is 24.9 Å². The number of aliphatic hydroxyl groups is 1. The fraction of sp³-hybridized carbons (Fsp3) is 0.600. The van der Waals surface area contributed by atoms with E-state index >= 15 is 0 Å². The van der Waals surface area contributed by atoms with Crippen molar-refractivity contribution < 1.29 is 9.84 Å². The lowest BCUT2D eigenvalue weighted by atomic mass is 10.1. The predicted octanol–water partition coefficient (Wildman–Crippen LogP) is 2.25. The van der Waals surface area contributed by atoms with Crippen molar-refractivity contribution in [2.75, 3.05) is 13.7 Å². The molecule has 0 heterocycles. The van der Waals surface area contributed by atoms with Gasteiger partial charge in [0, 0.05) is 13.1 Å².